The molecule has 2 aromatic rings. The van der Waals surface area contributed by atoms with Crippen LogP contribution in [0.2, 0.25) is 0 Å². The largest absolute Gasteiger partial charge is 0.422 e. The Morgan fingerprint density at radius 1 is 0.864 bits per heavy atom. The molecule has 0 aromatic heterocycles. The Labute approximate surface area is 129 Å². The second kappa shape index (κ2) is 7.22. The quantitative estimate of drug-likeness (QED) is 0.495. The number of hydrogen-bond donors (Lipinski definition) is 0. The van der Waals surface area contributed by atoms with E-state index in [-0.39, 0.29) is 11.7 Å². The average molecular weight is 295 g/mol. The predicted octanol–water partition coefficient (Wildman–Crippen LogP) is 2.97. The monoisotopic (exact) mass is 295 g/mol. The van der Waals surface area contributed by atoms with Crippen LogP contribution in [-0.2, 0) is 9.53 Å². The van der Waals surface area contributed by atoms with E-state index >= 15 is 0 Å². The smallest absolute Gasteiger partial charge is 0.343 e. The van der Waals surface area contributed by atoms with Gasteiger partial charge in [-0.05, 0) is 12.1 Å². The van der Waals surface area contributed by atoms with Gasteiger partial charge in [0.25, 0.3) is 0 Å². The van der Waals surface area contributed by atoms with Crippen molar-refractivity contribution in [3.63, 3.8) is 0 Å². The summed E-state index contributed by atoms with van der Waals surface area (Å²) in [6.45, 7) is 0. The summed E-state index contributed by atoms with van der Waals surface area (Å²) in [5.41, 5.74) is 1.10. The minimum Gasteiger partial charge on any atom is -0.422 e. The molecule has 2 aromatic carbocycles. The lowest BCUT2D eigenvalue weighted by Crippen LogP contribution is -2.20. The van der Waals surface area contributed by atoms with Crippen molar-refractivity contribution in [2.45, 2.75) is 0 Å². The van der Waals surface area contributed by atoms with Crippen molar-refractivity contribution in [1.82, 2.24) is 4.90 Å². The summed E-state index contributed by atoms with van der Waals surface area (Å²) in [6, 6.07) is 17.7. The molecule has 0 unspecified atom stereocenters. The van der Waals surface area contributed by atoms with Gasteiger partial charge in [-0.25, -0.2) is 4.79 Å². The molecule has 22 heavy (non-hydrogen) atoms. The maximum atomic E-state index is 12.2. The van der Waals surface area contributed by atoms with Crippen LogP contribution in [0.3, 0.4) is 0 Å². The van der Waals surface area contributed by atoms with Gasteiger partial charge in [0.05, 0.1) is 5.56 Å². The Morgan fingerprint density at radius 3 is 1.86 bits per heavy atom. The number of likely N-dealkylation sites (N-methyl/N-ethyl adjacent to an activating group) is 1. The van der Waals surface area contributed by atoms with Gasteiger partial charge in [0.2, 0.25) is 5.91 Å². The van der Waals surface area contributed by atoms with Crippen molar-refractivity contribution < 1.29 is 14.3 Å². The third-order valence-corrected chi connectivity index (χ3v) is 2.97. The highest BCUT2D eigenvalue weighted by atomic mass is 16.5. The maximum absolute atomic E-state index is 12.2. The number of rotatable bonds is 4. The first-order valence-electron chi connectivity index (χ1n) is 6.83. The Hall–Kier alpha value is -2.88. The third kappa shape index (κ3) is 4.06. The molecule has 0 atom stereocenters. The lowest BCUT2D eigenvalue weighted by atomic mass is 10.1. The zero-order valence-corrected chi connectivity index (χ0v) is 12.5. The number of hydrogen-bond acceptors (Lipinski definition) is 3. The lowest BCUT2D eigenvalue weighted by Gasteiger charge is -2.11. The van der Waals surface area contributed by atoms with Gasteiger partial charge >= 0.3 is 5.97 Å². The van der Waals surface area contributed by atoms with Crippen LogP contribution in [0.5, 0.6) is 0 Å². The van der Waals surface area contributed by atoms with Crippen molar-refractivity contribution in [3.05, 3.63) is 77.9 Å². The Morgan fingerprint density at radius 2 is 1.36 bits per heavy atom. The minimum atomic E-state index is -0.498. The van der Waals surface area contributed by atoms with Gasteiger partial charge in [0.1, 0.15) is 5.76 Å². The van der Waals surface area contributed by atoms with E-state index < -0.39 is 5.97 Å². The van der Waals surface area contributed by atoms with Gasteiger partial charge in [-0.15, -0.1) is 0 Å². The van der Waals surface area contributed by atoms with Crippen LogP contribution in [0.1, 0.15) is 15.9 Å². The van der Waals surface area contributed by atoms with E-state index in [2.05, 4.69) is 0 Å². The number of amides is 1. The lowest BCUT2D eigenvalue weighted by molar-refractivity contribution is -0.123. The fraction of sp³-hybridized carbons (Fsp3) is 0.111. The van der Waals surface area contributed by atoms with E-state index in [0.29, 0.717) is 11.1 Å². The van der Waals surface area contributed by atoms with Gasteiger partial charge in [-0.3, -0.25) is 4.79 Å². The fourth-order valence-corrected chi connectivity index (χ4v) is 1.75. The van der Waals surface area contributed by atoms with Crippen molar-refractivity contribution in [2.75, 3.05) is 14.1 Å². The molecule has 0 fully saturated rings. The molecular formula is C18H17NO3. The first-order chi connectivity index (χ1) is 10.6. The van der Waals surface area contributed by atoms with Gasteiger partial charge in [0.15, 0.2) is 0 Å². The Bertz CT molecular complexity index is 676. The summed E-state index contributed by atoms with van der Waals surface area (Å²) in [6.07, 6.45) is 1.32. The number of esters is 1. The normalized spacial score (nSPS) is 10.9. The molecule has 0 saturated heterocycles. The summed E-state index contributed by atoms with van der Waals surface area (Å²) in [4.78, 5) is 25.5. The molecule has 4 heteroatoms. The molecule has 0 aliphatic rings. The molecule has 4 nitrogen and oxygen atoms in total. The van der Waals surface area contributed by atoms with Crippen LogP contribution >= 0.6 is 0 Å². The van der Waals surface area contributed by atoms with Gasteiger partial charge < -0.3 is 9.64 Å². The second-order valence-corrected chi connectivity index (χ2v) is 4.86. The predicted molar refractivity (Wildman–Crippen MR) is 85.0 cm³/mol. The van der Waals surface area contributed by atoms with Crippen LogP contribution in [0.4, 0.5) is 0 Å². The number of benzene rings is 2. The number of carbonyl (C=O) groups is 2. The molecule has 0 heterocycles. The summed E-state index contributed by atoms with van der Waals surface area (Å²) in [7, 11) is 3.28. The molecular weight excluding hydrogens is 278 g/mol. The Kier molecular flexibility index (Phi) is 5.09. The van der Waals surface area contributed by atoms with E-state index in [1.165, 1.54) is 11.0 Å². The van der Waals surface area contributed by atoms with E-state index in [1.807, 2.05) is 24.3 Å². The molecule has 1 amide bonds. The molecule has 0 radical (unpaired) electrons. The van der Waals surface area contributed by atoms with E-state index in [9.17, 15) is 9.59 Å². The molecule has 0 saturated carbocycles. The number of nitrogens with zero attached hydrogens (tertiary/aromatic N) is 1. The van der Waals surface area contributed by atoms with E-state index in [1.54, 1.807) is 50.5 Å². The minimum absolute atomic E-state index is 0.230. The average Bonchev–Trinajstić information content (AvgIpc) is 2.55. The van der Waals surface area contributed by atoms with Crippen LogP contribution in [0, 0.1) is 0 Å². The number of carbonyl (C=O) groups excluding carboxylic acids is 2. The van der Waals surface area contributed by atoms with E-state index in [0.717, 1.165) is 0 Å². The third-order valence-electron chi connectivity index (χ3n) is 2.97. The highest BCUT2D eigenvalue weighted by molar-refractivity contribution is 5.98. The Balaban J connectivity index is 2.30. The molecule has 2 rings (SSSR count). The first-order valence-corrected chi connectivity index (χ1v) is 6.83. The highest BCUT2D eigenvalue weighted by Gasteiger charge is 2.13. The van der Waals surface area contributed by atoms with Crippen molar-refractivity contribution in [2.24, 2.45) is 0 Å². The first kappa shape index (κ1) is 15.5. The summed E-state index contributed by atoms with van der Waals surface area (Å²) in [5, 5.41) is 0. The molecule has 112 valence electrons. The van der Waals surface area contributed by atoms with Gasteiger partial charge in [-0.1, -0.05) is 48.5 Å². The molecule has 0 bridgehead atoms. The van der Waals surface area contributed by atoms with Crippen LogP contribution in [0.25, 0.3) is 5.76 Å². The second-order valence-electron chi connectivity index (χ2n) is 4.86. The summed E-state index contributed by atoms with van der Waals surface area (Å²) >= 11 is 0. The molecule has 0 N–H and O–H groups in total. The van der Waals surface area contributed by atoms with Gasteiger partial charge in [-0.2, -0.15) is 0 Å². The fourth-order valence-electron chi connectivity index (χ4n) is 1.75. The molecule has 0 aliphatic heterocycles. The number of ether oxygens (including phenoxy) is 1. The standard InChI is InChI=1S/C18H17NO3/c1-19(2)17(20)13-16(14-9-5-3-6-10-14)22-18(21)15-11-7-4-8-12-15/h3-13H,1-2H3/b16-13-. The van der Waals surface area contributed by atoms with Crippen LogP contribution in [0.15, 0.2) is 66.7 Å². The zero-order valence-electron chi connectivity index (χ0n) is 12.5. The summed E-state index contributed by atoms with van der Waals surface area (Å²) < 4.78 is 5.42. The topological polar surface area (TPSA) is 46.6 Å². The molecule has 0 spiro atoms. The van der Waals surface area contributed by atoms with Gasteiger partial charge in [0, 0.05) is 25.7 Å². The van der Waals surface area contributed by atoms with Crippen molar-refractivity contribution in [3.8, 4) is 0 Å². The highest BCUT2D eigenvalue weighted by Crippen LogP contribution is 2.18. The maximum Gasteiger partial charge on any atom is 0.343 e. The van der Waals surface area contributed by atoms with E-state index in [4.69, 9.17) is 4.74 Å². The summed E-state index contributed by atoms with van der Waals surface area (Å²) in [5.74, 6) is -0.518. The SMILES string of the molecule is CN(C)C(=O)/C=C(\OC(=O)c1ccccc1)c1ccccc1. The van der Waals surface area contributed by atoms with Crippen molar-refractivity contribution in [1.29, 1.82) is 0 Å². The van der Waals surface area contributed by atoms with Crippen LogP contribution < -0.4 is 0 Å². The van der Waals surface area contributed by atoms with Crippen LogP contribution in [-0.4, -0.2) is 30.9 Å². The zero-order chi connectivity index (χ0) is 15.9. The molecule has 0 aliphatic carbocycles. The van der Waals surface area contributed by atoms with Crippen molar-refractivity contribution >= 4 is 17.6 Å².